The van der Waals surface area contributed by atoms with Crippen molar-refractivity contribution >= 4 is 23.6 Å². The predicted molar refractivity (Wildman–Crippen MR) is 71.3 cm³/mol. The third-order valence-corrected chi connectivity index (χ3v) is 2.53. The number of para-hydroxylation sites is 1. The molecule has 0 unspecified atom stereocenters. The molecule has 0 radical (unpaired) electrons. The molecule has 0 aliphatic carbocycles. The topological polar surface area (TPSA) is 91.2 Å². The molecule has 0 bridgehead atoms. The summed E-state index contributed by atoms with van der Waals surface area (Å²) in [5, 5.41) is 8.83. The van der Waals surface area contributed by atoms with Crippen molar-refractivity contribution in [2.45, 2.75) is 0 Å². The summed E-state index contributed by atoms with van der Waals surface area (Å²) in [6.07, 6.45) is 1.78. The summed E-state index contributed by atoms with van der Waals surface area (Å²) in [4.78, 5) is 22.5. The van der Waals surface area contributed by atoms with Crippen LogP contribution in [0.5, 0.6) is 5.75 Å². The fourth-order valence-corrected chi connectivity index (χ4v) is 1.51. The summed E-state index contributed by atoms with van der Waals surface area (Å²) < 4.78 is 5.19. The highest BCUT2D eigenvalue weighted by atomic mass is 32.2. The Morgan fingerprint density at radius 3 is 2.68 bits per heavy atom. The van der Waals surface area contributed by atoms with E-state index in [1.807, 2.05) is 6.07 Å². The Hall–Kier alpha value is -2.20. The van der Waals surface area contributed by atoms with Crippen molar-refractivity contribution in [1.82, 2.24) is 10.9 Å². The quantitative estimate of drug-likeness (QED) is 0.763. The van der Waals surface area contributed by atoms with Gasteiger partial charge in [-0.2, -0.15) is 17.0 Å². The molecule has 0 saturated carbocycles. The number of nitrogens with zero attached hydrogens (tertiary/aromatic N) is 1. The molecule has 19 heavy (non-hydrogen) atoms. The van der Waals surface area contributed by atoms with E-state index in [4.69, 9.17) is 10.00 Å². The maximum atomic E-state index is 11.4. The van der Waals surface area contributed by atoms with Crippen LogP contribution in [0.3, 0.4) is 0 Å². The van der Waals surface area contributed by atoms with Gasteiger partial charge in [-0.25, -0.2) is 0 Å². The number of hydrogen-bond acceptors (Lipinski definition) is 5. The van der Waals surface area contributed by atoms with Crippen molar-refractivity contribution in [2.75, 3.05) is 18.6 Å². The van der Waals surface area contributed by atoms with Gasteiger partial charge in [0.2, 0.25) is 5.91 Å². The molecule has 6 nitrogen and oxygen atoms in total. The lowest BCUT2D eigenvalue weighted by atomic mass is 10.2. The van der Waals surface area contributed by atoms with Gasteiger partial charge in [0, 0.05) is 0 Å². The summed E-state index contributed by atoms with van der Waals surface area (Å²) in [5.74, 6) is -0.200. The number of nitriles is 1. The monoisotopic (exact) mass is 279 g/mol. The van der Waals surface area contributed by atoms with Crippen molar-refractivity contribution in [2.24, 2.45) is 0 Å². The van der Waals surface area contributed by atoms with E-state index in [0.29, 0.717) is 11.3 Å². The summed E-state index contributed by atoms with van der Waals surface area (Å²) in [7, 11) is 0. The Kier molecular flexibility index (Phi) is 6.26. The minimum atomic E-state index is -0.498. The first-order valence-electron chi connectivity index (χ1n) is 5.36. The Bertz CT molecular complexity index is 499. The molecular formula is C12H13N3O3S. The molecule has 0 atom stereocenters. The van der Waals surface area contributed by atoms with Gasteiger partial charge < -0.3 is 4.74 Å². The molecule has 1 aromatic rings. The first kappa shape index (κ1) is 14.9. The Morgan fingerprint density at radius 1 is 1.32 bits per heavy atom. The van der Waals surface area contributed by atoms with Crippen LogP contribution in [0.15, 0.2) is 24.3 Å². The highest BCUT2D eigenvalue weighted by Gasteiger charge is 2.07. The fourth-order valence-electron chi connectivity index (χ4n) is 1.17. The molecule has 0 fully saturated rings. The second-order valence-corrected chi connectivity index (χ2v) is 4.29. The van der Waals surface area contributed by atoms with E-state index < -0.39 is 5.91 Å². The normalized spacial score (nSPS) is 9.26. The fraction of sp³-hybridized carbons (Fsp3) is 0.250. The van der Waals surface area contributed by atoms with E-state index in [9.17, 15) is 9.59 Å². The summed E-state index contributed by atoms with van der Waals surface area (Å²) >= 11 is 1.35. The van der Waals surface area contributed by atoms with Gasteiger partial charge in [-0.3, -0.25) is 20.4 Å². The molecule has 2 amide bonds. The first-order chi connectivity index (χ1) is 9.17. The molecule has 0 aliphatic rings. The molecule has 0 aliphatic heterocycles. The number of nitrogens with one attached hydrogen (secondary N) is 2. The molecule has 100 valence electrons. The van der Waals surface area contributed by atoms with E-state index in [-0.39, 0.29) is 18.3 Å². The van der Waals surface area contributed by atoms with Gasteiger partial charge in [0.05, 0.1) is 11.3 Å². The van der Waals surface area contributed by atoms with Gasteiger partial charge in [-0.15, -0.1) is 0 Å². The van der Waals surface area contributed by atoms with E-state index in [1.165, 1.54) is 11.8 Å². The first-order valence-corrected chi connectivity index (χ1v) is 6.75. The third kappa shape index (κ3) is 5.31. The molecule has 0 saturated heterocycles. The number of amides is 2. The average molecular weight is 279 g/mol. The van der Waals surface area contributed by atoms with E-state index in [0.717, 1.165) is 0 Å². The number of hydrazine groups is 1. The van der Waals surface area contributed by atoms with Crippen molar-refractivity contribution in [3.05, 3.63) is 29.8 Å². The van der Waals surface area contributed by atoms with Crippen LogP contribution in [-0.4, -0.2) is 30.4 Å². The van der Waals surface area contributed by atoms with Crippen molar-refractivity contribution in [1.29, 1.82) is 5.26 Å². The number of thioether (sulfide) groups is 1. The van der Waals surface area contributed by atoms with E-state index in [2.05, 4.69) is 10.9 Å². The third-order valence-electron chi connectivity index (χ3n) is 1.98. The number of carbonyl (C=O) groups excluding carboxylic acids is 2. The Balaban J connectivity index is 2.38. The SMILES string of the molecule is CSCC(=O)NNC(=O)COc1ccccc1C#N. The standard InChI is InChI=1S/C12H13N3O3S/c1-19-8-12(17)15-14-11(16)7-18-10-5-3-2-4-9(10)6-13/h2-5H,7-8H2,1H3,(H,14,16)(H,15,17). The van der Waals surface area contributed by atoms with Gasteiger partial charge in [-0.1, -0.05) is 12.1 Å². The molecule has 1 aromatic carbocycles. The van der Waals surface area contributed by atoms with Gasteiger partial charge in [0.1, 0.15) is 11.8 Å². The van der Waals surface area contributed by atoms with Crippen LogP contribution in [-0.2, 0) is 9.59 Å². The smallest absolute Gasteiger partial charge is 0.276 e. The van der Waals surface area contributed by atoms with Crippen LogP contribution >= 0.6 is 11.8 Å². The maximum Gasteiger partial charge on any atom is 0.276 e. The zero-order chi connectivity index (χ0) is 14.1. The van der Waals surface area contributed by atoms with E-state index >= 15 is 0 Å². The number of benzene rings is 1. The lowest BCUT2D eigenvalue weighted by Crippen LogP contribution is -2.44. The number of hydrogen-bond donors (Lipinski definition) is 2. The summed E-state index contributed by atoms with van der Waals surface area (Å²) in [6, 6.07) is 8.55. The Labute approximate surface area is 115 Å². The second kappa shape index (κ2) is 8.00. The number of carbonyl (C=O) groups is 2. The van der Waals surface area contributed by atoms with Gasteiger partial charge >= 0.3 is 0 Å². The van der Waals surface area contributed by atoms with Crippen molar-refractivity contribution < 1.29 is 14.3 Å². The number of ether oxygens (including phenoxy) is 1. The molecule has 1 rings (SSSR count). The van der Waals surface area contributed by atoms with Crippen molar-refractivity contribution in [3.8, 4) is 11.8 Å². The molecule has 0 aromatic heterocycles. The van der Waals surface area contributed by atoms with Gasteiger partial charge in [0.25, 0.3) is 5.91 Å². The summed E-state index contributed by atoms with van der Waals surface area (Å²) in [6.45, 7) is -0.280. The molecule has 7 heteroatoms. The largest absolute Gasteiger partial charge is 0.482 e. The second-order valence-electron chi connectivity index (χ2n) is 3.43. The zero-order valence-corrected chi connectivity index (χ0v) is 11.1. The number of rotatable bonds is 5. The molecular weight excluding hydrogens is 266 g/mol. The highest BCUT2D eigenvalue weighted by molar-refractivity contribution is 7.99. The highest BCUT2D eigenvalue weighted by Crippen LogP contribution is 2.15. The lowest BCUT2D eigenvalue weighted by molar-refractivity contribution is -0.128. The van der Waals surface area contributed by atoms with Crippen LogP contribution in [0.25, 0.3) is 0 Å². The lowest BCUT2D eigenvalue weighted by Gasteiger charge is -2.09. The molecule has 0 spiro atoms. The Morgan fingerprint density at radius 2 is 2.00 bits per heavy atom. The van der Waals surface area contributed by atoms with Crippen LogP contribution in [0.2, 0.25) is 0 Å². The molecule has 0 heterocycles. The molecule has 2 N–H and O–H groups in total. The minimum absolute atomic E-state index is 0.262. The van der Waals surface area contributed by atoms with Crippen molar-refractivity contribution in [3.63, 3.8) is 0 Å². The van der Waals surface area contributed by atoms with Crippen LogP contribution in [0.1, 0.15) is 5.56 Å². The summed E-state index contributed by atoms with van der Waals surface area (Å²) in [5.41, 5.74) is 4.81. The van der Waals surface area contributed by atoms with Crippen LogP contribution < -0.4 is 15.6 Å². The van der Waals surface area contributed by atoms with Crippen LogP contribution in [0, 0.1) is 11.3 Å². The van der Waals surface area contributed by atoms with Gasteiger partial charge in [0.15, 0.2) is 6.61 Å². The zero-order valence-electron chi connectivity index (χ0n) is 10.3. The minimum Gasteiger partial charge on any atom is -0.482 e. The van der Waals surface area contributed by atoms with Crippen LogP contribution in [0.4, 0.5) is 0 Å². The van der Waals surface area contributed by atoms with E-state index in [1.54, 1.807) is 30.5 Å². The van der Waals surface area contributed by atoms with Gasteiger partial charge in [-0.05, 0) is 18.4 Å². The predicted octanol–water partition coefficient (Wildman–Crippen LogP) is 0.447. The maximum absolute atomic E-state index is 11.4. The average Bonchev–Trinajstić information content (AvgIpc) is 2.43.